The van der Waals surface area contributed by atoms with Crippen molar-refractivity contribution in [3.05, 3.63) is 23.3 Å². The molecule has 20 heavy (non-hydrogen) atoms. The molecule has 6 heteroatoms. The number of hydrogen-bond donors (Lipinski definition) is 4. The Bertz CT molecular complexity index is 803. The molecule has 3 rings (SSSR count). The van der Waals surface area contributed by atoms with Gasteiger partial charge >= 0.3 is 0 Å². The molecule has 4 N–H and O–H groups in total. The third-order valence-electron chi connectivity index (χ3n) is 3.40. The predicted octanol–water partition coefficient (Wildman–Crippen LogP) is 2.22. The van der Waals surface area contributed by atoms with Gasteiger partial charge in [-0.1, -0.05) is 0 Å². The van der Waals surface area contributed by atoms with Gasteiger partial charge in [0.25, 0.3) is 0 Å². The molecule has 0 unspecified atom stereocenters. The lowest BCUT2D eigenvalue weighted by atomic mass is 10.1. The molecule has 2 aromatic carbocycles. The van der Waals surface area contributed by atoms with Crippen LogP contribution in [0, 0.1) is 13.8 Å². The molecule has 0 fully saturated rings. The van der Waals surface area contributed by atoms with Gasteiger partial charge in [0, 0.05) is 0 Å². The number of aromatic hydroxyl groups is 4. The van der Waals surface area contributed by atoms with Gasteiger partial charge in [-0.05, 0) is 37.1 Å². The number of fused-ring (bicyclic) bond motifs is 2. The van der Waals surface area contributed by atoms with E-state index >= 15 is 0 Å². The Morgan fingerprint density at radius 2 is 1.00 bits per heavy atom. The number of aryl methyl sites for hydroxylation is 2. The highest BCUT2D eigenvalue weighted by molar-refractivity contribution is 5.97. The lowest BCUT2D eigenvalue weighted by molar-refractivity contribution is 0.350. The SMILES string of the molecule is Cc1cc2nc3c(O)c(O)c(O)c(O)c3nc2cc1C. The van der Waals surface area contributed by atoms with Crippen molar-refractivity contribution >= 4 is 22.1 Å². The minimum Gasteiger partial charge on any atom is -0.503 e. The average molecular weight is 272 g/mol. The third-order valence-corrected chi connectivity index (χ3v) is 3.40. The van der Waals surface area contributed by atoms with Crippen LogP contribution in [0.3, 0.4) is 0 Å². The van der Waals surface area contributed by atoms with E-state index in [2.05, 4.69) is 9.97 Å². The number of rotatable bonds is 0. The normalized spacial score (nSPS) is 11.3. The Morgan fingerprint density at radius 1 is 0.650 bits per heavy atom. The maximum atomic E-state index is 9.82. The zero-order valence-corrected chi connectivity index (χ0v) is 10.8. The average Bonchev–Trinajstić information content (AvgIpc) is 2.43. The lowest BCUT2D eigenvalue weighted by Gasteiger charge is -2.09. The molecule has 102 valence electrons. The zero-order chi connectivity index (χ0) is 14.6. The first-order chi connectivity index (χ1) is 9.40. The van der Waals surface area contributed by atoms with Gasteiger partial charge < -0.3 is 20.4 Å². The fourth-order valence-electron chi connectivity index (χ4n) is 2.09. The minimum atomic E-state index is -0.813. The highest BCUT2D eigenvalue weighted by Crippen LogP contribution is 2.47. The summed E-state index contributed by atoms with van der Waals surface area (Å²) < 4.78 is 0. The number of phenols is 4. The van der Waals surface area contributed by atoms with E-state index in [0.29, 0.717) is 11.0 Å². The van der Waals surface area contributed by atoms with Crippen LogP contribution in [0.5, 0.6) is 23.0 Å². The van der Waals surface area contributed by atoms with Crippen LogP contribution in [0.4, 0.5) is 0 Å². The standard InChI is InChI=1S/C14H12N2O4/c1-5-3-7-8(4-6(5)2)16-10-9(15-7)11(17)13(19)14(20)12(10)18/h3-4,17-20H,1-2H3. The van der Waals surface area contributed by atoms with E-state index in [1.165, 1.54) is 0 Å². The maximum Gasteiger partial charge on any atom is 0.206 e. The van der Waals surface area contributed by atoms with Crippen LogP contribution in [-0.2, 0) is 0 Å². The van der Waals surface area contributed by atoms with Crippen molar-refractivity contribution in [1.29, 1.82) is 0 Å². The van der Waals surface area contributed by atoms with Gasteiger partial charge in [0.1, 0.15) is 11.0 Å². The van der Waals surface area contributed by atoms with E-state index in [9.17, 15) is 20.4 Å². The van der Waals surface area contributed by atoms with Crippen LogP contribution >= 0.6 is 0 Å². The molecule has 0 atom stereocenters. The van der Waals surface area contributed by atoms with Gasteiger partial charge in [0.05, 0.1) is 11.0 Å². The molecule has 0 aliphatic heterocycles. The summed E-state index contributed by atoms with van der Waals surface area (Å²) in [6.07, 6.45) is 0. The van der Waals surface area contributed by atoms with E-state index in [4.69, 9.17) is 0 Å². The van der Waals surface area contributed by atoms with E-state index in [0.717, 1.165) is 11.1 Å². The summed E-state index contributed by atoms with van der Waals surface area (Å²) in [6.45, 7) is 3.85. The highest BCUT2D eigenvalue weighted by Gasteiger charge is 2.20. The predicted molar refractivity (Wildman–Crippen MR) is 73.2 cm³/mol. The topological polar surface area (TPSA) is 107 Å². The molecule has 0 saturated carbocycles. The highest BCUT2D eigenvalue weighted by atomic mass is 16.3. The van der Waals surface area contributed by atoms with Crippen molar-refractivity contribution in [2.75, 3.05) is 0 Å². The first-order valence-corrected chi connectivity index (χ1v) is 5.94. The maximum absolute atomic E-state index is 9.82. The summed E-state index contributed by atoms with van der Waals surface area (Å²) >= 11 is 0. The quantitative estimate of drug-likeness (QED) is 0.284. The molecule has 0 aliphatic carbocycles. The molecule has 6 nitrogen and oxygen atoms in total. The van der Waals surface area contributed by atoms with Crippen molar-refractivity contribution in [3.63, 3.8) is 0 Å². The smallest absolute Gasteiger partial charge is 0.206 e. The number of benzene rings is 2. The fraction of sp³-hybridized carbons (Fsp3) is 0.143. The second-order valence-corrected chi connectivity index (χ2v) is 4.74. The van der Waals surface area contributed by atoms with Crippen LogP contribution < -0.4 is 0 Å². The van der Waals surface area contributed by atoms with Crippen molar-refractivity contribution in [2.45, 2.75) is 13.8 Å². The van der Waals surface area contributed by atoms with Gasteiger partial charge in [-0.3, -0.25) is 0 Å². The van der Waals surface area contributed by atoms with Gasteiger partial charge in [-0.2, -0.15) is 0 Å². The Balaban J connectivity index is 2.54. The summed E-state index contributed by atoms with van der Waals surface area (Å²) in [5.41, 5.74) is 2.96. The van der Waals surface area contributed by atoms with Crippen molar-refractivity contribution in [3.8, 4) is 23.0 Å². The number of aromatic nitrogens is 2. The van der Waals surface area contributed by atoms with Gasteiger partial charge in [-0.25, -0.2) is 9.97 Å². The largest absolute Gasteiger partial charge is 0.503 e. The van der Waals surface area contributed by atoms with Crippen molar-refractivity contribution in [1.82, 2.24) is 9.97 Å². The Labute approximate surface area is 113 Å². The van der Waals surface area contributed by atoms with Crippen LogP contribution in [0.15, 0.2) is 12.1 Å². The lowest BCUT2D eigenvalue weighted by Crippen LogP contribution is -1.92. The van der Waals surface area contributed by atoms with E-state index in [-0.39, 0.29) is 11.0 Å². The van der Waals surface area contributed by atoms with Crippen LogP contribution in [-0.4, -0.2) is 30.4 Å². The molecule has 1 aromatic heterocycles. The summed E-state index contributed by atoms with van der Waals surface area (Å²) in [6, 6.07) is 3.61. The second kappa shape index (κ2) is 3.86. The summed E-state index contributed by atoms with van der Waals surface area (Å²) in [7, 11) is 0. The zero-order valence-electron chi connectivity index (χ0n) is 10.8. The van der Waals surface area contributed by atoms with E-state index in [1.54, 1.807) is 12.1 Å². The van der Waals surface area contributed by atoms with E-state index < -0.39 is 23.0 Å². The Hall–Kier alpha value is -2.76. The van der Waals surface area contributed by atoms with Crippen molar-refractivity contribution < 1.29 is 20.4 Å². The first kappa shape index (κ1) is 12.3. The first-order valence-electron chi connectivity index (χ1n) is 5.94. The summed E-state index contributed by atoms with van der Waals surface area (Å²) in [4.78, 5) is 8.40. The molecule has 0 spiro atoms. The molecule has 0 amide bonds. The van der Waals surface area contributed by atoms with E-state index in [1.807, 2.05) is 13.8 Å². The minimum absolute atomic E-state index is 0.0615. The molecule has 0 bridgehead atoms. The molecule has 0 saturated heterocycles. The number of nitrogens with zero attached hydrogens (tertiary/aromatic N) is 2. The summed E-state index contributed by atoms with van der Waals surface area (Å²) in [5.74, 6) is -2.84. The second-order valence-electron chi connectivity index (χ2n) is 4.74. The monoisotopic (exact) mass is 272 g/mol. The number of phenolic OH excluding ortho intramolecular Hbond substituents is 4. The van der Waals surface area contributed by atoms with Gasteiger partial charge in [0.15, 0.2) is 11.5 Å². The van der Waals surface area contributed by atoms with Gasteiger partial charge in [0.2, 0.25) is 11.5 Å². The molecule has 0 radical (unpaired) electrons. The number of hydrogen-bond acceptors (Lipinski definition) is 6. The van der Waals surface area contributed by atoms with Crippen LogP contribution in [0.1, 0.15) is 11.1 Å². The van der Waals surface area contributed by atoms with Crippen molar-refractivity contribution in [2.24, 2.45) is 0 Å². The molecular formula is C14H12N2O4. The van der Waals surface area contributed by atoms with Crippen LogP contribution in [0.2, 0.25) is 0 Å². The Kier molecular flexibility index (Phi) is 2.37. The van der Waals surface area contributed by atoms with Crippen LogP contribution in [0.25, 0.3) is 22.1 Å². The third kappa shape index (κ3) is 1.51. The Morgan fingerprint density at radius 3 is 1.35 bits per heavy atom. The summed E-state index contributed by atoms with van der Waals surface area (Å²) in [5, 5.41) is 38.7. The molecule has 3 aromatic rings. The van der Waals surface area contributed by atoms with Gasteiger partial charge in [-0.15, -0.1) is 0 Å². The molecular weight excluding hydrogens is 260 g/mol. The molecule has 0 aliphatic rings. The molecule has 1 heterocycles. The fourth-order valence-corrected chi connectivity index (χ4v) is 2.09.